The van der Waals surface area contributed by atoms with Gasteiger partial charge in [-0.05, 0) is 17.7 Å². The molecule has 0 aliphatic rings. The van der Waals surface area contributed by atoms with Crippen molar-refractivity contribution in [3.8, 4) is 10.4 Å². The number of nitrogens with zero attached hydrogens (tertiary/aromatic N) is 1. The van der Waals surface area contributed by atoms with E-state index in [0.717, 1.165) is 20.5 Å². The third kappa shape index (κ3) is 1.95. The summed E-state index contributed by atoms with van der Waals surface area (Å²) >= 11 is 7.41. The first-order chi connectivity index (χ1) is 6.79. The number of benzene rings is 1. The smallest absolute Gasteiger partial charge is 0.107 e. The number of rotatable bonds is 2. The molecule has 2 rings (SSSR count). The van der Waals surface area contributed by atoms with Crippen LogP contribution in [0.4, 0.5) is 0 Å². The van der Waals surface area contributed by atoms with Gasteiger partial charge in [-0.2, -0.15) is 0 Å². The van der Waals surface area contributed by atoms with Gasteiger partial charge < -0.3 is 5.73 Å². The Hall–Kier alpha value is -0.900. The quantitative estimate of drug-likeness (QED) is 0.852. The van der Waals surface area contributed by atoms with Gasteiger partial charge in [-0.25, -0.2) is 4.98 Å². The number of halogens is 1. The highest BCUT2D eigenvalue weighted by molar-refractivity contribution is 7.15. The fourth-order valence-electron chi connectivity index (χ4n) is 1.15. The highest BCUT2D eigenvalue weighted by atomic mass is 35.5. The number of hydrogen-bond donors (Lipinski definition) is 1. The van der Waals surface area contributed by atoms with Crippen LogP contribution in [0.2, 0.25) is 5.02 Å². The molecule has 0 spiro atoms. The van der Waals surface area contributed by atoms with Gasteiger partial charge in [0.2, 0.25) is 0 Å². The Balaban J connectivity index is 2.34. The molecule has 2 nitrogen and oxygen atoms in total. The van der Waals surface area contributed by atoms with Crippen LogP contribution in [0.25, 0.3) is 10.4 Å². The first kappa shape index (κ1) is 9.65. The van der Waals surface area contributed by atoms with Gasteiger partial charge in [-0.15, -0.1) is 11.3 Å². The number of thiazole rings is 1. The van der Waals surface area contributed by atoms with Crippen molar-refractivity contribution in [2.24, 2.45) is 5.73 Å². The van der Waals surface area contributed by atoms with Crippen molar-refractivity contribution in [1.29, 1.82) is 0 Å². The maximum atomic E-state index is 5.80. The summed E-state index contributed by atoms with van der Waals surface area (Å²) in [5.41, 5.74) is 6.62. The minimum Gasteiger partial charge on any atom is -0.325 e. The maximum absolute atomic E-state index is 5.80. The summed E-state index contributed by atoms with van der Waals surface area (Å²) in [6, 6.07) is 7.71. The van der Waals surface area contributed by atoms with Crippen LogP contribution in [0, 0.1) is 0 Å². The van der Waals surface area contributed by atoms with E-state index in [1.165, 1.54) is 0 Å². The highest BCUT2D eigenvalue weighted by Gasteiger charge is 2.02. The van der Waals surface area contributed by atoms with Gasteiger partial charge in [-0.1, -0.05) is 23.7 Å². The molecule has 0 aliphatic carbocycles. The summed E-state index contributed by atoms with van der Waals surface area (Å²) in [6.07, 6.45) is 1.84. The SMILES string of the molecule is NCc1ncc(-c2ccc(Cl)cc2)s1. The van der Waals surface area contributed by atoms with Crippen LogP contribution in [-0.2, 0) is 6.54 Å². The maximum Gasteiger partial charge on any atom is 0.107 e. The van der Waals surface area contributed by atoms with Crippen LogP contribution >= 0.6 is 22.9 Å². The van der Waals surface area contributed by atoms with Gasteiger partial charge in [0.15, 0.2) is 0 Å². The first-order valence-corrected chi connectivity index (χ1v) is 5.40. The van der Waals surface area contributed by atoms with Gasteiger partial charge in [0.1, 0.15) is 5.01 Å². The second-order valence-electron chi connectivity index (χ2n) is 2.83. The second kappa shape index (κ2) is 4.09. The summed E-state index contributed by atoms with van der Waals surface area (Å²) in [4.78, 5) is 5.32. The van der Waals surface area contributed by atoms with E-state index in [9.17, 15) is 0 Å². The molecule has 1 aromatic carbocycles. The molecule has 0 unspecified atom stereocenters. The van der Waals surface area contributed by atoms with Crippen LogP contribution < -0.4 is 5.73 Å². The van der Waals surface area contributed by atoms with Crippen LogP contribution in [0.15, 0.2) is 30.5 Å². The predicted octanol–water partition coefficient (Wildman–Crippen LogP) is 2.92. The Bertz CT molecular complexity index is 422. The number of hydrogen-bond acceptors (Lipinski definition) is 3. The molecule has 0 radical (unpaired) electrons. The summed E-state index contributed by atoms with van der Waals surface area (Å²) < 4.78 is 0. The van der Waals surface area contributed by atoms with Gasteiger partial charge in [0.25, 0.3) is 0 Å². The number of nitrogens with two attached hydrogens (primary N) is 1. The normalized spacial score (nSPS) is 10.4. The van der Waals surface area contributed by atoms with Gasteiger partial charge in [0.05, 0.1) is 4.88 Å². The lowest BCUT2D eigenvalue weighted by Gasteiger charge is -1.95. The minimum atomic E-state index is 0.498. The Kier molecular flexibility index (Phi) is 2.82. The zero-order chi connectivity index (χ0) is 9.97. The fraction of sp³-hybridized carbons (Fsp3) is 0.100. The molecule has 2 aromatic rings. The van der Waals surface area contributed by atoms with E-state index in [-0.39, 0.29) is 0 Å². The van der Waals surface area contributed by atoms with Gasteiger partial charge >= 0.3 is 0 Å². The van der Waals surface area contributed by atoms with Crippen LogP contribution in [-0.4, -0.2) is 4.98 Å². The van der Waals surface area contributed by atoms with E-state index >= 15 is 0 Å². The zero-order valence-electron chi connectivity index (χ0n) is 7.40. The van der Waals surface area contributed by atoms with Gasteiger partial charge in [-0.3, -0.25) is 0 Å². The molecule has 14 heavy (non-hydrogen) atoms. The average molecular weight is 225 g/mol. The summed E-state index contributed by atoms with van der Waals surface area (Å²) in [7, 11) is 0. The van der Waals surface area contributed by atoms with Crippen molar-refractivity contribution >= 4 is 22.9 Å². The van der Waals surface area contributed by atoms with Gasteiger partial charge in [0, 0.05) is 17.8 Å². The molecule has 0 aliphatic heterocycles. The van der Waals surface area contributed by atoms with Crippen molar-refractivity contribution in [2.75, 3.05) is 0 Å². The molecule has 0 fully saturated rings. The Morgan fingerprint density at radius 1 is 1.29 bits per heavy atom. The van der Waals surface area contributed by atoms with Crippen LogP contribution in [0.5, 0.6) is 0 Å². The molecule has 2 N–H and O–H groups in total. The molecular formula is C10H9ClN2S. The molecule has 0 atom stereocenters. The third-order valence-corrected chi connectivity index (χ3v) is 3.18. The molecule has 72 valence electrons. The van der Waals surface area contributed by atoms with E-state index in [0.29, 0.717) is 6.54 Å². The molecular weight excluding hydrogens is 216 g/mol. The third-order valence-electron chi connectivity index (χ3n) is 1.86. The van der Waals surface area contributed by atoms with Crippen molar-refractivity contribution in [3.05, 3.63) is 40.5 Å². The lowest BCUT2D eigenvalue weighted by atomic mass is 10.2. The molecule has 0 saturated heterocycles. The molecule has 0 bridgehead atoms. The van der Waals surface area contributed by atoms with E-state index in [2.05, 4.69) is 4.98 Å². The van der Waals surface area contributed by atoms with Crippen molar-refractivity contribution < 1.29 is 0 Å². The lowest BCUT2D eigenvalue weighted by Crippen LogP contribution is -1.93. The molecule has 1 aromatic heterocycles. The van der Waals surface area contributed by atoms with Crippen molar-refractivity contribution in [2.45, 2.75) is 6.54 Å². The average Bonchev–Trinajstić information content (AvgIpc) is 2.67. The van der Waals surface area contributed by atoms with Crippen LogP contribution in [0.1, 0.15) is 5.01 Å². The first-order valence-electron chi connectivity index (χ1n) is 4.20. The van der Waals surface area contributed by atoms with Crippen LogP contribution in [0.3, 0.4) is 0 Å². The Morgan fingerprint density at radius 3 is 2.57 bits per heavy atom. The molecule has 4 heteroatoms. The van der Waals surface area contributed by atoms with Crippen molar-refractivity contribution in [1.82, 2.24) is 4.98 Å². The lowest BCUT2D eigenvalue weighted by molar-refractivity contribution is 1.04. The largest absolute Gasteiger partial charge is 0.325 e. The molecule has 0 amide bonds. The summed E-state index contributed by atoms with van der Waals surface area (Å²) in [6.45, 7) is 0.498. The molecule has 0 saturated carbocycles. The highest BCUT2D eigenvalue weighted by Crippen LogP contribution is 2.26. The molecule has 1 heterocycles. The zero-order valence-corrected chi connectivity index (χ0v) is 8.98. The number of aromatic nitrogens is 1. The Morgan fingerprint density at radius 2 is 2.00 bits per heavy atom. The Labute approximate surface area is 91.4 Å². The van der Waals surface area contributed by atoms with Crippen molar-refractivity contribution in [3.63, 3.8) is 0 Å². The van der Waals surface area contributed by atoms with E-state index < -0.39 is 0 Å². The van der Waals surface area contributed by atoms with E-state index in [1.807, 2.05) is 30.5 Å². The summed E-state index contributed by atoms with van der Waals surface area (Å²) in [5.74, 6) is 0. The van der Waals surface area contributed by atoms with E-state index in [4.69, 9.17) is 17.3 Å². The summed E-state index contributed by atoms with van der Waals surface area (Å²) in [5, 5.41) is 1.70. The predicted molar refractivity (Wildman–Crippen MR) is 60.5 cm³/mol. The minimum absolute atomic E-state index is 0.498. The monoisotopic (exact) mass is 224 g/mol. The second-order valence-corrected chi connectivity index (χ2v) is 4.38. The fourth-order valence-corrected chi connectivity index (χ4v) is 2.08. The standard InChI is InChI=1S/C10H9ClN2S/c11-8-3-1-7(2-4-8)9-6-13-10(5-12)14-9/h1-4,6H,5,12H2. The van der Waals surface area contributed by atoms with E-state index in [1.54, 1.807) is 11.3 Å². The topological polar surface area (TPSA) is 38.9 Å².